The zero-order valence-corrected chi connectivity index (χ0v) is 13.0. The van der Waals surface area contributed by atoms with Crippen molar-refractivity contribution in [2.45, 2.75) is 50.3 Å². The second-order valence-electron chi connectivity index (χ2n) is 5.62. The Labute approximate surface area is 124 Å². The van der Waals surface area contributed by atoms with Crippen molar-refractivity contribution in [2.75, 3.05) is 6.54 Å². The molecule has 4 N–H and O–H groups in total. The van der Waals surface area contributed by atoms with Gasteiger partial charge in [-0.2, -0.15) is 5.10 Å². The number of nitrogens with zero attached hydrogens (tertiary/aromatic N) is 1. The lowest BCUT2D eigenvalue weighted by molar-refractivity contribution is 0.0944. The summed E-state index contributed by atoms with van der Waals surface area (Å²) in [5.41, 5.74) is 0.115. The first kappa shape index (κ1) is 16.0. The fourth-order valence-corrected chi connectivity index (χ4v) is 3.78. The van der Waals surface area contributed by atoms with E-state index in [1.54, 1.807) is 0 Å². The molecule has 1 fully saturated rings. The summed E-state index contributed by atoms with van der Waals surface area (Å²) in [6, 6.07) is 0. The minimum Gasteiger partial charge on any atom is -0.351 e. The lowest BCUT2D eigenvalue weighted by atomic mass is 10.0. The summed E-state index contributed by atoms with van der Waals surface area (Å²) in [6.07, 6.45) is 7.17. The standard InChI is InChI=1S/C13H22N4O3S/c1-9-12(21(14,19)20)11(17-16-9)13(18)15-8-4-7-10-5-2-3-6-10/h10H,2-8H2,1H3,(H,15,18)(H,16,17)(H2,14,19,20). The van der Waals surface area contributed by atoms with Gasteiger partial charge in [-0.25, -0.2) is 13.6 Å². The molecule has 1 aromatic heterocycles. The van der Waals surface area contributed by atoms with Gasteiger partial charge in [0.1, 0.15) is 4.90 Å². The topological polar surface area (TPSA) is 118 Å². The Morgan fingerprint density at radius 3 is 2.71 bits per heavy atom. The van der Waals surface area contributed by atoms with Gasteiger partial charge in [0.2, 0.25) is 10.0 Å². The molecular weight excluding hydrogens is 292 g/mol. The number of carbonyl (C=O) groups excluding carboxylic acids is 1. The zero-order valence-electron chi connectivity index (χ0n) is 12.2. The predicted molar refractivity (Wildman–Crippen MR) is 78.2 cm³/mol. The molecule has 0 atom stereocenters. The van der Waals surface area contributed by atoms with E-state index in [2.05, 4.69) is 15.5 Å². The molecule has 21 heavy (non-hydrogen) atoms. The Bertz CT molecular complexity index is 603. The van der Waals surface area contributed by atoms with Crippen LogP contribution >= 0.6 is 0 Å². The first-order valence-electron chi connectivity index (χ1n) is 7.25. The second kappa shape index (κ2) is 6.57. The number of aryl methyl sites for hydroxylation is 1. The number of primary sulfonamides is 1. The third kappa shape index (κ3) is 4.04. The molecule has 1 heterocycles. The fourth-order valence-electron chi connectivity index (χ4n) is 2.90. The van der Waals surface area contributed by atoms with Crippen LogP contribution in [0.3, 0.4) is 0 Å². The highest BCUT2D eigenvalue weighted by molar-refractivity contribution is 7.89. The van der Waals surface area contributed by atoms with Gasteiger partial charge in [0, 0.05) is 6.54 Å². The van der Waals surface area contributed by atoms with E-state index in [9.17, 15) is 13.2 Å². The smallest absolute Gasteiger partial charge is 0.273 e. The van der Waals surface area contributed by atoms with Crippen LogP contribution in [0.15, 0.2) is 4.90 Å². The maximum Gasteiger partial charge on any atom is 0.273 e. The van der Waals surface area contributed by atoms with Crippen molar-refractivity contribution in [1.82, 2.24) is 15.5 Å². The van der Waals surface area contributed by atoms with Crippen LogP contribution in [0.5, 0.6) is 0 Å². The number of rotatable bonds is 6. The Morgan fingerprint density at radius 2 is 2.10 bits per heavy atom. The van der Waals surface area contributed by atoms with Crippen LogP contribution in [-0.2, 0) is 10.0 Å². The Balaban J connectivity index is 1.89. The number of sulfonamides is 1. The summed E-state index contributed by atoms with van der Waals surface area (Å²) in [4.78, 5) is 11.8. The number of nitrogens with two attached hydrogens (primary N) is 1. The highest BCUT2D eigenvalue weighted by atomic mass is 32.2. The van der Waals surface area contributed by atoms with Crippen molar-refractivity contribution >= 4 is 15.9 Å². The lowest BCUT2D eigenvalue weighted by Gasteiger charge is -2.09. The summed E-state index contributed by atoms with van der Waals surface area (Å²) in [6.45, 7) is 2.04. The molecule has 1 aliphatic rings. The maximum atomic E-state index is 12.0. The van der Waals surface area contributed by atoms with Crippen molar-refractivity contribution in [3.05, 3.63) is 11.4 Å². The van der Waals surface area contributed by atoms with Gasteiger partial charge >= 0.3 is 0 Å². The van der Waals surface area contributed by atoms with Crippen molar-refractivity contribution in [1.29, 1.82) is 0 Å². The number of hydrogen-bond acceptors (Lipinski definition) is 4. The maximum absolute atomic E-state index is 12.0. The summed E-state index contributed by atoms with van der Waals surface area (Å²) in [7, 11) is -3.96. The third-order valence-electron chi connectivity index (χ3n) is 3.94. The van der Waals surface area contributed by atoms with E-state index in [1.807, 2.05) is 0 Å². The van der Waals surface area contributed by atoms with Crippen molar-refractivity contribution in [3.8, 4) is 0 Å². The van der Waals surface area contributed by atoms with E-state index >= 15 is 0 Å². The average Bonchev–Trinajstić information content (AvgIpc) is 3.02. The van der Waals surface area contributed by atoms with E-state index < -0.39 is 15.9 Å². The number of aromatic amines is 1. The Morgan fingerprint density at radius 1 is 1.43 bits per heavy atom. The largest absolute Gasteiger partial charge is 0.351 e. The van der Waals surface area contributed by atoms with Crippen molar-refractivity contribution in [2.24, 2.45) is 11.1 Å². The molecule has 1 aromatic rings. The molecule has 0 bridgehead atoms. The molecule has 1 saturated carbocycles. The quantitative estimate of drug-likeness (QED) is 0.680. The van der Waals surface area contributed by atoms with Gasteiger partial charge < -0.3 is 5.32 Å². The third-order valence-corrected chi connectivity index (χ3v) is 5.01. The van der Waals surface area contributed by atoms with E-state index in [-0.39, 0.29) is 16.3 Å². The monoisotopic (exact) mass is 314 g/mol. The normalized spacial score (nSPS) is 16.3. The fraction of sp³-hybridized carbons (Fsp3) is 0.692. The summed E-state index contributed by atoms with van der Waals surface area (Å²) < 4.78 is 23.0. The average molecular weight is 314 g/mol. The molecule has 0 unspecified atom stereocenters. The summed E-state index contributed by atoms with van der Waals surface area (Å²) in [5.74, 6) is 0.268. The number of nitrogens with one attached hydrogen (secondary N) is 2. The van der Waals surface area contributed by atoms with Gasteiger partial charge in [-0.1, -0.05) is 25.7 Å². The Hall–Kier alpha value is -1.41. The first-order chi connectivity index (χ1) is 9.89. The minimum absolute atomic E-state index is 0.157. The van der Waals surface area contributed by atoms with Crippen LogP contribution < -0.4 is 10.5 Å². The van der Waals surface area contributed by atoms with Crippen molar-refractivity contribution in [3.63, 3.8) is 0 Å². The molecular formula is C13H22N4O3S. The van der Waals surface area contributed by atoms with Crippen LogP contribution in [0.25, 0.3) is 0 Å². The SMILES string of the molecule is Cc1[nH]nc(C(=O)NCCCC2CCCC2)c1S(N)(=O)=O. The molecule has 0 radical (unpaired) electrons. The number of carbonyl (C=O) groups is 1. The number of amides is 1. The van der Waals surface area contributed by atoms with Gasteiger partial charge in [0.25, 0.3) is 5.91 Å². The summed E-state index contributed by atoms with van der Waals surface area (Å²) >= 11 is 0. The zero-order chi connectivity index (χ0) is 15.5. The number of aromatic nitrogens is 2. The second-order valence-corrected chi connectivity index (χ2v) is 7.12. The predicted octanol–water partition coefficient (Wildman–Crippen LogP) is 1.07. The van der Waals surface area contributed by atoms with Gasteiger partial charge in [0.15, 0.2) is 5.69 Å². The van der Waals surface area contributed by atoms with Gasteiger partial charge in [0.05, 0.1) is 5.69 Å². The summed E-state index contributed by atoms with van der Waals surface area (Å²) in [5, 5.41) is 14.0. The van der Waals surface area contributed by atoms with E-state index in [0.717, 1.165) is 18.8 Å². The van der Waals surface area contributed by atoms with Crippen LogP contribution in [0.4, 0.5) is 0 Å². The highest BCUT2D eigenvalue weighted by Crippen LogP contribution is 2.28. The van der Waals surface area contributed by atoms with Gasteiger partial charge in [-0.05, 0) is 25.7 Å². The number of H-pyrrole nitrogens is 1. The molecule has 118 valence electrons. The Kier molecular flexibility index (Phi) is 5.00. The van der Waals surface area contributed by atoms with Crippen LogP contribution in [0, 0.1) is 12.8 Å². The van der Waals surface area contributed by atoms with Gasteiger partial charge in [-0.15, -0.1) is 0 Å². The number of hydrogen-bond donors (Lipinski definition) is 3. The molecule has 2 rings (SSSR count). The van der Waals surface area contributed by atoms with Gasteiger partial charge in [-0.3, -0.25) is 9.89 Å². The minimum atomic E-state index is -3.96. The molecule has 0 saturated heterocycles. The van der Waals surface area contributed by atoms with Crippen LogP contribution in [0.1, 0.15) is 54.7 Å². The van der Waals surface area contributed by atoms with E-state index in [4.69, 9.17) is 5.14 Å². The highest BCUT2D eigenvalue weighted by Gasteiger charge is 2.25. The molecule has 0 aromatic carbocycles. The first-order valence-corrected chi connectivity index (χ1v) is 8.80. The molecule has 0 aliphatic heterocycles. The van der Waals surface area contributed by atoms with E-state index in [1.165, 1.54) is 32.6 Å². The van der Waals surface area contributed by atoms with Crippen molar-refractivity contribution < 1.29 is 13.2 Å². The lowest BCUT2D eigenvalue weighted by Crippen LogP contribution is -2.27. The molecule has 8 heteroatoms. The molecule has 1 amide bonds. The molecule has 7 nitrogen and oxygen atoms in total. The van der Waals surface area contributed by atoms with Crippen LogP contribution in [-0.4, -0.2) is 31.1 Å². The molecule has 0 spiro atoms. The molecule has 1 aliphatic carbocycles. The van der Waals surface area contributed by atoms with E-state index in [0.29, 0.717) is 6.54 Å². The van der Waals surface area contributed by atoms with Crippen LogP contribution in [0.2, 0.25) is 0 Å².